The van der Waals surface area contributed by atoms with Crippen LogP contribution in [0.5, 0.6) is 0 Å². The maximum Gasteiger partial charge on any atom is 0.191 e. The van der Waals surface area contributed by atoms with E-state index in [0.29, 0.717) is 12.6 Å². The summed E-state index contributed by atoms with van der Waals surface area (Å²) in [6.07, 6.45) is 4.29. The second-order valence-corrected chi connectivity index (χ2v) is 7.19. The number of hydrogen-bond acceptors (Lipinski definition) is 5. The molecule has 1 atom stereocenters. The fraction of sp³-hybridized carbons (Fsp3) is 0.588. The number of rotatable bonds is 7. The molecular formula is C17H27N7S. The summed E-state index contributed by atoms with van der Waals surface area (Å²) in [6, 6.07) is 4.77. The van der Waals surface area contributed by atoms with Gasteiger partial charge < -0.3 is 15.2 Å². The van der Waals surface area contributed by atoms with Gasteiger partial charge in [0.15, 0.2) is 11.8 Å². The van der Waals surface area contributed by atoms with Crippen molar-refractivity contribution < 1.29 is 0 Å². The van der Waals surface area contributed by atoms with Crippen molar-refractivity contribution in [2.75, 3.05) is 26.2 Å². The second-order valence-electron chi connectivity index (χ2n) is 6.21. The molecule has 0 saturated carbocycles. The Kier molecular flexibility index (Phi) is 6.41. The van der Waals surface area contributed by atoms with Crippen LogP contribution in [0.1, 0.15) is 36.5 Å². The predicted octanol–water partition coefficient (Wildman–Crippen LogP) is 1.77. The fourth-order valence-corrected chi connectivity index (χ4v) is 3.94. The molecule has 2 aromatic heterocycles. The molecule has 0 aromatic carbocycles. The maximum absolute atomic E-state index is 4.65. The Bertz CT molecular complexity index is 658. The molecule has 2 aromatic rings. The molecule has 8 heteroatoms. The summed E-state index contributed by atoms with van der Waals surface area (Å²) in [6.45, 7) is 6.63. The number of aromatic nitrogens is 3. The second kappa shape index (κ2) is 8.96. The molecule has 25 heavy (non-hydrogen) atoms. The van der Waals surface area contributed by atoms with E-state index in [0.717, 1.165) is 24.9 Å². The summed E-state index contributed by atoms with van der Waals surface area (Å²) in [4.78, 5) is 8.64. The first-order valence-electron chi connectivity index (χ1n) is 8.90. The molecule has 0 spiro atoms. The number of nitrogens with one attached hydrogen (secondary N) is 2. The Hall–Kier alpha value is -1.93. The van der Waals surface area contributed by atoms with Gasteiger partial charge in [-0.05, 0) is 44.3 Å². The quantitative estimate of drug-likeness (QED) is 0.581. The van der Waals surface area contributed by atoms with Gasteiger partial charge in [-0.1, -0.05) is 6.07 Å². The molecule has 0 aliphatic carbocycles. The third-order valence-electron chi connectivity index (χ3n) is 4.44. The first-order chi connectivity index (χ1) is 12.3. The van der Waals surface area contributed by atoms with Gasteiger partial charge in [0.05, 0.1) is 6.04 Å². The zero-order chi connectivity index (χ0) is 17.5. The Labute approximate surface area is 153 Å². The van der Waals surface area contributed by atoms with Crippen molar-refractivity contribution in [3.8, 4) is 0 Å². The summed E-state index contributed by atoms with van der Waals surface area (Å²) in [7, 11) is 1.94. The van der Waals surface area contributed by atoms with Crippen molar-refractivity contribution >= 4 is 17.3 Å². The standard InChI is InChI=1S/C17H27N7S/c1-3-18-17(20-12-16-22-21-13-23(16)2)19-11-14(15-7-6-10-25-15)24-8-4-5-9-24/h6-7,10,13-14H,3-5,8-9,11-12H2,1-2H3,(H2,18,19,20). The van der Waals surface area contributed by atoms with E-state index in [2.05, 4.69) is 55.2 Å². The van der Waals surface area contributed by atoms with Crippen LogP contribution in [0.4, 0.5) is 0 Å². The number of likely N-dealkylation sites (tertiary alicyclic amines) is 1. The van der Waals surface area contributed by atoms with E-state index >= 15 is 0 Å². The number of nitrogens with zero attached hydrogens (tertiary/aromatic N) is 5. The van der Waals surface area contributed by atoms with Crippen LogP contribution in [0.15, 0.2) is 28.8 Å². The van der Waals surface area contributed by atoms with Crippen molar-refractivity contribution in [1.29, 1.82) is 0 Å². The molecule has 1 saturated heterocycles. The molecule has 3 heterocycles. The highest BCUT2D eigenvalue weighted by Crippen LogP contribution is 2.27. The van der Waals surface area contributed by atoms with Crippen molar-refractivity contribution in [3.05, 3.63) is 34.5 Å². The molecule has 7 nitrogen and oxygen atoms in total. The molecule has 0 bridgehead atoms. The predicted molar refractivity (Wildman–Crippen MR) is 102 cm³/mol. The van der Waals surface area contributed by atoms with Crippen LogP contribution in [-0.2, 0) is 13.6 Å². The van der Waals surface area contributed by atoms with Crippen LogP contribution in [0.2, 0.25) is 0 Å². The third-order valence-corrected chi connectivity index (χ3v) is 5.42. The number of thiophene rings is 1. The van der Waals surface area contributed by atoms with Gasteiger partial charge in [0, 0.05) is 25.0 Å². The molecule has 0 amide bonds. The monoisotopic (exact) mass is 361 g/mol. The first-order valence-corrected chi connectivity index (χ1v) is 9.78. The highest BCUT2D eigenvalue weighted by molar-refractivity contribution is 7.10. The van der Waals surface area contributed by atoms with Gasteiger partial charge in [-0.3, -0.25) is 4.90 Å². The summed E-state index contributed by atoms with van der Waals surface area (Å²) < 4.78 is 1.89. The lowest BCUT2D eigenvalue weighted by Crippen LogP contribution is -2.42. The van der Waals surface area contributed by atoms with Crippen LogP contribution in [0, 0.1) is 0 Å². The molecule has 3 rings (SSSR count). The summed E-state index contributed by atoms with van der Waals surface area (Å²) in [5.41, 5.74) is 0. The van der Waals surface area contributed by atoms with E-state index in [1.54, 1.807) is 6.33 Å². The van der Waals surface area contributed by atoms with Gasteiger partial charge in [-0.25, -0.2) is 4.99 Å². The SMILES string of the molecule is CCNC(=NCc1nncn1C)NCC(c1cccs1)N1CCCC1. The van der Waals surface area contributed by atoms with Crippen molar-refractivity contribution in [2.24, 2.45) is 12.0 Å². The van der Waals surface area contributed by atoms with E-state index in [1.807, 2.05) is 23.0 Å². The minimum atomic E-state index is 0.404. The van der Waals surface area contributed by atoms with Crippen molar-refractivity contribution in [2.45, 2.75) is 32.4 Å². The molecule has 1 fully saturated rings. The highest BCUT2D eigenvalue weighted by atomic mass is 32.1. The molecule has 1 unspecified atom stereocenters. The summed E-state index contributed by atoms with van der Waals surface area (Å²) in [5.74, 6) is 1.68. The lowest BCUT2D eigenvalue weighted by Gasteiger charge is -2.27. The molecule has 1 aliphatic heterocycles. The highest BCUT2D eigenvalue weighted by Gasteiger charge is 2.24. The Morgan fingerprint density at radius 1 is 1.36 bits per heavy atom. The number of hydrogen-bond donors (Lipinski definition) is 2. The van der Waals surface area contributed by atoms with Gasteiger partial charge in [-0.2, -0.15) is 0 Å². The lowest BCUT2D eigenvalue weighted by atomic mass is 10.2. The minimum absolute atomic E-state index is 0.404. The Morgan fingerprint density at radius 3 is 2.84 bits per heavy atom. The minimum Gasteiger partial charge on any atom is -0.357 e. The van der Waals surface area contributed by atoms with Gasteiger partial charge in [0.25, 0.3) is 0 Å². The average Bonchev–Trinajstić information content (AvgIpc) is 3.36. The normalized spacial score (nSPS) is 17.0. The first kappa shape index (κ1) is 17.9. The van der Waals surface area contributed by atoms with Gasteiger partial charge in [0.1, 0.15) is 12.9 Å². The van der Waals surface area contributed by atoms with Crippen LogP contribution in [-0.4, -0.2) is 51.8 Å². The Balaban J connectivity index is 1.64. The van der Waals surface area contributed by atoms with Crippen molar-refractivity contribution in [1.82, 2.24) is 30.3 Å². The molecular weight excluding hydrogens is 334 g/mol. The van der Waals surface area contributed by atoms with Gasteiger partial charge in [0.2, 0.25) is 0 Å². The zero-order valence-corrected chi connectivity index (χ0v) is 15.8. The largest absolute Gasteiger partial charge is 0.357 e. The van der Waals surface area contributed by atoms with E-state index in [-0.39, 0.29) is 0 Å². The molecule has 2 N–H and O–H groups in total. The van der Waals surface area contributed by atoms with Gasteiger partial charge in [-0.15, -0.1) is 21.5 Å². The summed E-state index contributed by atoms with van der Waals surface area (Å²) in [5, 5.41) is 17.0. The number of guanidine groups is 1. The fourth-order valence-electron chi connectivity index (χ4n) is 3.08. The van der Waals surface area contributed by atoms with Gasteiger partial charge >= 0.3 is 0 Å². The number of aliphatic imine (C=N–C) groups is 1. The topological polar surface area (TPSA) is 70.4 Å². The van der Waals surface area contributed by atoms with E-state index < -0.39 is 0 Å². The van der Waals surface area contributed by atoms with E-state index in [1.165, 1.54) is 30.8 Å². The molecule has 1 aliphatic rings. The zero-order valence-electron chi connectivity index (χ0n) is 15.0. The average molecular weight is 362 g/mol. The van der Waals surface area contributed by atoms with Crippen molar-refractivity contribution in [3.63, 3.8) is 0 Å². The van der Waals surface area contributed by atoms with E-state index in [4.69, 9.17) is 0 Å². The number of aryl methyl sites for hydroxylation is 1. The third kappa shape index (κ3) is 4.79. The maximum atomic E-state index is 4.65. The van der Waals surface area contributed by atoms with Crippen LogP contribution < -0.4 is 10.6 Å². The molecule has 136 valence electrons. The lowest BCUT2D eigenvalue weighted by molar-refractivity contribution is 0.249. The summed E-state index contributed by atoms with van der Waals surface area (Å²) >= 11 is 1.83. The van der Waals surface area contributed by atoms with Crippen LogP contribution in [0.25, 0.3) is 0 Å². The smallest absolute Gasteiger partial charge is 0.191 e. The Morgan fingerprint density at radius 2 is 2.20 bits per heavy atom. The van der Waals surface area contributed by atoms with Crippen LogP contribution >= 0.6 is 11.3 Å². The van der Waals surface area contributed by atoms with E-state index in [9.17, 15) is 0 Å². The molecule has 0 radical (unpaired) electrons. The van der Waals surface area contributed by atoms with Crippen LogP contribution in [0.3, 0.4) is 0 Å².